The molecule has 2 rings (SSSR count). The van der Waals surface area contributed by atoms with E-state index < -0.39 is 5.92 Å². The number of pyridine rings is 1. The fraction of sp³-hybridized carbons (Fsp3) is 0.417. The van der Waals surface area contributed by atoms with Gasteiger partial charge in [0.2, 0.25) is 5.91 Å². The van der Waals surface area contributed by atoms with Crippen molar-refractivity contribution < 1.29 is 14.3 Å². The van der Waals surface area contributed by atoms with E-state index in [2.05, 4.69) is 4.98 Å². The van der Waals surface area contributed by atoms with Crippen LogP contribution < -0.4 is 0 Å². The van der Waals surface area contributed by atoms with E-state index in [1.165, 1.54) is 7.11 Å². The lowest BCUT2D eigenvalue weighted by Crippen LogP contribution is -2.27. The Morgan fingerprint density at radius 3 is 2.94 bits per heavy atom. The Balaban J connectivity index is 2.34. The second kappa shape index (κ2) is 4.53. The number of rotatable bonds is 2. The first-order valence-corrected chi connectivity index (χ1v) is 5.38. The van der Waals surface area contributed by atoms with Crippen molar-refractivity contribution in [3.63, 3.8) is 0 Å². The summed E-state index contributed by atoms with van der Waals surface area (Å²) in [7, 11) is 3.04. The van der Waals surface area contributed by atoms with E-state index in [9.17, 15) is 9.59 Å². The van der Waals surface area contributed by atoms with Gasteiger partial charge in [0.05, 0.1) is 19.1 Å². The lowest BCUT2D eigenvalue weighted by molar-refractivity contribution is -0.146. The second-order valence-electron chi connectivity index (χ2n) is 4.07. The van der Waals surface area contributed by atoms with Crippen molar-refractivity contribution in [3.05, 3.63) is 30.1 Å². The van der Waals surface area contributed by atoms with Crippen LogP contribution in [0, 0.1) is 5.92 Å². The van der Waals surface area contributed by atoms with Crippen molar-refractivity contribution in [1.82, 2.24) is 9.88 Å². The highest BCUT2D eigenvalue weighted by atomic mass is 16.5. The molecule has 0 unspecified atom stereocenters. The van der Waals surface area contributed by atoms with Crippen LogP contribution >= 0.6 is 0 Å². The molecule has 0 bridgehead atoms. The van der Waals surface area contributed by atoms with Gasteiger partial charge in [0.1, 0.15) is 0 Å². The predicted molar refractivity (Wildman–Crippen MR) is 59.9 cm³/mol. The van der Waals surface area contributed by atoms with Gasteiger partial charge in [-0.3, -0.25) is 14.6 Å². The van der Waals surface area contributed by atoms with Gasteiger partial charge in [-0.15, -0.1) is 0 Å². The first-order chi connectivity index (χ1) is 8.15. The summed E-state index contributed by atoms with van der Waals surface area (Å²) in [5.41, 5.74) is 0.858. The molecule has 0 saturated carbocycles. The molecule has 0 aliphatic carbocycles. The lowest BCUT2D eigenvalue weighted by atomic mass is 9.95. The molecule has 17 heavy (non-hydrogen) atoms. The third-order valence-corrected chi connectivity index (χ3v) is 3.12. The summed E-state index contributed by atoms with van der Waals surface area (Å²) in [4.78, 5) is 29.0. The highest BCUT2D eigenvalue weighted by Gasteiger charge is 2.43. The monoisotopic (exact) mass is 234 g/mol. The van der Waals surface area contributed by atoms with Crippen LogP contribution in [-0.4, -0.2) is 35.9 Å². The number of methoxy groups -OCH3 is 1. The molecule has 90 valence electrons. The number of aromatic nitrogens is 1. The Kier molecular flexibility index (Phi) is 3.08. The number of carbonyl (C=O) groups excluding carboxylic acids is 2. The Bertz CT molecular complexity index is 433. The molecular weight excluding hydrogens is 220 g/mol. The number of hydrogen-bond donors (Lipinski definition) is 0. The summed E-state index contributed by atoms with van der Waals surface area (Å²) in [6.07, 6.45) is 3.53. The SMILES string of the molecule is COC(=O)[C@H]1CC(=O)N(C)[C@H]1c1cccnc1. The van der Waals surface area contributed by atoms with Crippen molar-refractivity contribution >= 4 is 11.9 Å². The number of amides is 1. The first-order valence-electron chi connectivity index (χ1n) is 5.38. The zero-order chi connectivity index (χ0) is 12.4. The maximum Gasteiger partial charge on any atom is 0.311 e. The molecule has 1 saturated heterocycles. The normalized spacial score (nSPS) is 23.9. The topological polar surface area (TPSA) is 59.5 Å². The highest BCUT2D eigenvalue weighted by molar-refractivity contribution is 5.87. The number of nitrogens with zero attached hydrogens (tertiary/aromatic N) is 2. The lowest BCUT2D eigenvalue weighted by Gasteiger charge is -2.23. The number of hydrogen-bond acceptors (Lipinski definition) is 4. The summed E-state index contributed by atoms with van der Waals surface area (Å²) in [5.74, 6) is -0.840. The molecule has 1 fully saturated rings. The minimum absolute atomic E-state index is 0.0470. The first kappa shape index (κ1) is 11.6. The Hall–Kier alpha value is -1.91. The third kappa shape index (κ3) is 2.00. The molecule has 1 aliphatic rings. The van der Waals surface area contributed by atoms with Crippen LogP contribution in [0.4, 0.5) is 0 Å². The summed E-state index contributed by atoms with van der Waals surface area (Å²) < 4.78 is 4.74. The van der Waals surface area contributed by atoms with Crippen molar-refractivity contribution in [2.45, 2.75) is 12.5 Å². The number of likely N-dealkylation sites (tertiary alicyclic amines) is 1. The smallest absolute Gasteiger partial charge is 0.311 e. The molecule has 5 nitrogen and oxygen atoms in total. The molecule has 0 aromatic carbocycles. The average molecular weight is 234 g/mol. The Morgan fingerprint density at radius 1 is 1.59 bits per heavy atom. The van der Waals surface area contributed by atoms with Gasteiger partial charge in [-0.1, -0.05) is 6.07 Å². The van der Waals surface area contributed by atoms with Crippen LogP contribution in [0.15, 0.2) is 24.5 Å². The highest BCUT2D eigenvalue weighted by Crippen LogP contribution is 2.37. The van der Waals surface area contributed by atoms with Gasteiger partial charge in [-0.05, 0) is 11.6 Å². The molecule has 0 spiro atoms. The molecule has 5 heteroatoms. The third-order valence-electron chi connectivity index (χ3n) is 3.12. The molecule has 1 aliphatic heterocycles. The van der Waals surface area contributed by atoms with Crippen molar-refractivity contribution in [1.29, 1.82) is 0 Å². The van der Waals surface area contributed by atoms with E-state index in [0.29, 0.717) is 0 Å². The molecule has 2 atom stereocenters. The number of carbonyl (C=O) groups is 2. The van der Waals surface area contributed by atoms with E-state index in [0.717, 1.165) is 5.56 Å². The van der Waals surface area contributed by atoms with E-state index in [-0.39, 0.29) is 24.3 Å². The molecular formula is C12H14N2O3. The maximum atomic E-state index is 11.7. The van der Waals surface area contributed by atoms with Gasteiger partial charge < -0.3 is 9.64 Å². The van der Waals surface area contributed by atoms with E-state index in [1.54, 1.807) is 30.4 Å². The van der Waals surface area contributed by atoms with Crippen molar-refractivity contribution in [3.8, 4) is 0 Å². The number of esters is 1. The van der Waals surface area contributed by atoms with Gasteiger partial charge in [0, 0.05) is 25.9 Å². The zero-order valence-corrected chi connectivity index (χ0v) is 9.79. The molecule has 1 aromatic heterocycles. The average Bonchev–Trinajstić information content (AvgIpc) is 2.66. The number of ether oxygens (including phenoxy) is 1. The standard InChI is InChI=1S/C12H14N2O3/c1-14-10(15)6-9(12(16)17-2)11(14)8-4-3-5-13-7-8/h3-5,7,9,11H,6H2,1-2H3/t9-,11-/m0/s1. The minimum Gasteiger partial charge on any atom is -0.469 e. The maximum absolute atomic E-state index is 11.7. The summed E-state index contributed by atoms with van der Waals surface area (Å²) in [5, 5.41) is 0. The van der Waals surface area contributed by atoms with Crippen LogP contribution in [0.2, 0.25) is 0 Å². The van der Waals surface area contributed by atoms with Crippen molar-refractivity contribution in [2.24, 2.45) is 5.92 Å². The van der Waals surface area contributed by atoms with Gasteiger partial charge in [0.25, 0.3) is 0 Å². The predicted octanol–water partition coefficient (Wildman–Crippen LogP) is 0.774. The fourth-order valence-electron chi connectivity index (χ4n) is 2.24. The second-order valence-corrected chi connectivity index (χ2v) is 4.07. The molecule has 1 aromatic rings. The van der Waals surface area contributed by atoms with E-state index in [4.69, 9.17) is 4.74 Å². The van der Waals surface area contributed by atoms with Gasteiger partial charge >= 0.3 is 5.97 Å². The van der Waals surface area contributed by atoms with Gasteiger partial charge in [-0.25, -0.2) is 0 Å². The van der Waals surface area contributed by atoms with E-state index in [1.807, 2.05) is 6.07 Å². The Labute approximate surface area is 99.4 Å². The summed E-state index contributed by atoms with van der Waals surface area (Å²) in [6.45, 7) is 0. The quantitative estimate of drug-likeness (QED) is 0.709. The summed E-state index contributed by atoms with van der Waals surface area (Å²) >= 11 is 0. The molecule has 1 amide bonds. The zero-order valence-electron chi connectivity index (χ0n) is 9.79. The molecule has 0 radical (unpaired) electrons. The van der Waals surface area contributed by atoms with Crippen molar-refractivity contribution in [2.75, 3.05) is 14.2 Å². The van der Waals surface area contributed by atoms with Crippen LogP contribution in [-0.2, 0) is 14.3 Å². The molecule has 0 N–H and O–H groups in total. The molecule has 2 heterocycles. The van der Waals surface area contributed by atoms with Crippen LogP contribution in [0.5, 0.6) is 0 Å². The van der Waals surface area contributed by atoms with Gasteiger partial charge in [0.15, 0.2) is 0 Å². The van der Waals surface area contributed by atoms with Crippen LogP contribution in [0.1, 0.15) is 18.0 Å². The minimum atomic E-state index is -0.443. The van der Waals surface area contributed by atoms with E-state index >= 15 is 0 Å². The summed E-state index contributed by atoms with van der Waals surface area (Å²) in [6, 6.07) is 3.38. The van der Waals surface area contributed by atoms with Gasteiger partial charge in [-0.2, -0.15) is 0 Å². The largest absolute Gasteiger partial charge is 0.469 e. The Morgan fingerprint density at radius 2 is 2.35 bits per heavy atom. The van der Waals surface area contributed by atoms with Crippen LogP contribution in [0.3, 0.4) is 0 Å². The van der Waals surface area contributed by atoms with Crippen LogP contribution in [0.25, 0.3) is 0 Å². The fourth-order valence-corrected chi connectivity index (χ4v) is 2.24.